The predicted molar refractivity (Wildman–Crippen MR) is 66.1 cm³/mol. The van der Waals surface area contributed by atoms with E-state index in [1.165, 1.54) is 4.31 Å². The lowest BCUT2D eigenvalue weighted by Crippen LogP contribution is -2.61. The van der Waals surface area contributed by atoms with Gasteiger partial charge in [0.2, 0.25) is 0 Å². The van der Waals surface area contributed by atoms with Crippen LogP contribution in [0.4, 0.5) is 0 Å². The van der Waals surface area contributed by atoms with Crippen LogP contribution in [0.3, 0.4) is 0 Å². The largest absolute Gasteiger partial charge is 0.394 e. The van der Waals surface area contributed by atoms with E-state index in [4.69, 9.17) is 15.3 Å². The Bertz CT molecular complexity index is 347. The van der Waals surface area contributed by atoms with Crippen LogP contribution in [-0.2, 0) is 10.2 Å². The molecule has 0 aromatic rings. The first-order valence-corrected chi connectivity index (χ1v) is 7.48. The van der Waals surface area contributed by atoms with Gasteiger partial charge in [0.1, 0.15) is 5.54 Å². The summed E-state index contributed by atoms with van der Waals surface area (Å²) in [4.78, 5) is 0. The van der Waals surface area contributed by atoms with Gasteiger partial charge >= 0.3 is 0 Å². The van der Waals surface area contributed by atoms with E-state index in [2.05, 4.69) is 4.72 Å². The molecular formula is C10H22N2O5S. The zero-order chi connectivity index (χ0) is 13.8. The van der Waals surface area contributed by atoms with Crippen LogP contribution < -0.4 is 4.72 Å². The summed E-state index contributed by atoms with van der Waals surface area (Å²) in [5.74, 6) is 0. The Labute approximate surface area is 108 Å². The van der Waals surface area contributed by atoms with Crippen LogP contribution in [0.25, 0.3) is 0 Å². The predicted octanol–water partition coefficient (Wildman–Crippen LogP) is -1.59. The Kier molecular flexibility index (Phi) is 5.50. The molecule has 1 fully saturated rings. The summed E-state index contributed by atoms with van der Waals surface area (Å²) >= 11 is 0. The lowest BCUT2D eigenvalue weighted by atomic mass is 10.1. The van der Waals surface area contributed by atoms with E-state index < -0.39 is 35.6 Å². The Morgan fingerprint density at radius 2 is 1.78 bits per heavy atom. The van der Waals surface area contributed by atoms with Crippen molar-refractivity contribution in [1.82, 2.24) is 9.03 Å². The summed E-state index contributed by atoms with van der Waals surface area (Å²) in [6.07, 6.45) is 2.55. The average molecular weight is 282 g/mol. The lowest BCUT2D eigenvalue weighted by Gasteiger charge is -2.36. The van der Waals surface area contributed by atoms with Gasteiger partial charge in [-0.1, -0.05) is 6.42 Å². The Balaban J connectivity index is 2.86. The molecule has 0 amide bonds. The number of rotatable bonds is 6. The standard InChI is InChI=1S/C10H22N2O5S/c1-9-4-2-3-5-12(9)18(16,17)11-10(6-13,7-14)8-15/h9,11,13-15H,2-8H2,1H3. The van der Waals surface area contributed by atoms with E-state index in [0.717, 1.165) is 19.3 Å². The topological polar surface area (TPSA) is 110 Å². The first kappa shape index (κ1) is 15.8. The molecule has 0 radical (unpaired) electrons. The van der Waals surface area contributed by atoms with Crippen LogP contribution in [-0.4, -0.2) is 66.0 Å². The molecule has 108 valence electrons. The van der Waals surface area contributed by atoms with Crippen molar-refractivity contribution in [2.24, 2.45) is 0 Å². The van der Waals surface area contributed by atoms with E-state index in [1.807, 2.05) is 6.92 Å². The monoisotopic (exact) mass is 282 g/mol. The third-order valence-corrected chi connectivity index (χ3v) is 5.16. The number of nitrogens with one attached hydrogen (secondary N) is 1. The molecular weight excluding hydrogens is 260 g/mol. The molecule has 1 saturated heterocycles. The van der Waals surface area contributed by atoms with Crippen LogP contribution >= 0.6 is 0 Å². The Morgan fingerprint density at radius 1 is 1.22 bits per heavy atom. The molecule has 1 aliphatic rings. The molecule has 1 atom stereocenters. The van der Waals surface area contributed by atoms with Crippen LogP contribution in [0.2, 0.25) is 0 Å². The zero-order valence-corrected chi connectivity index (χ0v) is 11.4. The molecule has 0 aliphatic carbocycles. The zero-order valence-electron chi connectivity index (χ0n) is 10.5. The smallest absolute Gasteiger partial charge is 0.280 e. The normalized spacial score (nSPS) is 23.2. The van der Waals surface area contributed by atoms with E-state index in [0.29, 0.717) is 6.54 Å². The summed E-state index contributed by atoms with van der Waals surface area (Å²) in [5, 5.41) is 27.4. The highest BCUT2D eigenvalue weighted by atomic mass is 32.2. The van der Waals surface area contributed by atoms with Crippen LogP contribution in [0.1, 0.15) is 26.2 Å². The second-order valence-electron chi connectivity index (χ2n) is 4.82. The summed E-state index contributed by atoms with van der Waals surface area (Å²) in [7, 11) is -3.82. The van der Waals surface area contributed by atoms with Gasteiger partial charge in [0.05, 0.1) is 19.8 Å². The first-order valence-electron chi connectivity index (χ1n) is 6.04. The maximum absolute atomic E-state index is 12.2. The second-order valence-corrected chi connectivity index (χ2v) is 6.44. The first-order chi connectivity index (χ1) is 8.40. The molecule has 18 heavy (non-hydrogen) atoms. The third kappa shape index (κ3) is 3.40. The molecule has 1 unspecified atom stereocenters. The van der Waals surface area contributed by atoms with Gasteiger partial charge in [-0.3, -0.25) is 0 Å². The molecule has 0 saturated carbocycles. The highest BCUT2D eigenvalue weighted by Gasteiger charge is 2.38. The van der Waals surface area contributed by atoms with Crippen molar-refractivity contribution < 1.29 is 23.7 Å². The number of piperidine rings is 1. The second kappa shape index (κ2) is 6.27. The highest BCUT2D eigenvalue weighted by molar-refractivity contribution is 7.87. The fraction of sp³-hybridized carbons (Fsp3) is 1.00. The van der Waals surface area contributed by atoms with Crippen LogP contribution in [0.5, 0.6) is 0 Å². The van der Waals surface area contributed by atoms with E-state index in [9.17, 15) is 8.42 Å². The number of hydrogen-bond acceptors (Lipinski definition) is 5. The minimum Gasteiger partial charge on any atom is -0.394 e. The molecule has 0 spiro atoms. The molecule has 1 rings (SSSR count). The van der Waals surface area contributed by atoms with Crippen LogP contribution in [0, 0.1) is 0 Å². The van der Waals surface area contributed by atoms with Crippen molar-refractivity contribution in [3.05, 3.63) is 0 Å². The molecule has 0 bridgehead atoms. The maximum Gasteiger partial charge on any atom is 0.280 e. The van der Waals surface area contributed by atoms with Gasteiger partial charge in [-0.25, -0.2) is 0 Å². The number of aliphatic hydroxyl groups is 3. The SMILES string of the molecule is CC1CCCCN1S(=O)(=O)NC(CO)(CO)CO. The van der Waals surface area contributed by atoms with Crippen molar-refractivity contribution in [1.29, 1.82) is 0 Å². The number of hydrogen-bond donors (Lipinski definition) is 4. The molecule has 1 aliphatic heterocycles. The molecule has 1 heterocycles. The lowest BCUT2D eigenvalue weighted by molar-refractivity contribution is 0.0562. The van der Waals surface area contributed by atoms with Gasteiger partial charge < -0.3 is 15.3 Å². The average Bonchev–Trinajstić information content (AvgIpc) is 2.36. The molecule has 4 N–H and O–H groups in total. The fourth-order valence-electron chi connectivity index (χ4n) is 2.01. The van der Waals surface area contributed by atoms with E-state index in [1.54, 1.807) is 0 Å². The van der Waals surface area contributed by atoms with Gasteiger partial charge in [-0.05, 0) is 19.8 Å². The van der Waals surface area contributed by atoms with Crippen molar-refractivity contribution in [3.8, 4) is 0 Å². The van der Waals surface area contributed by atoms with Crippen molar-refractivity contribution in [3.63, 3.8) is 0 Å². The summed E-state index contributed by atoms with van der Waals surface area (Å²) in [6.45, 7) is 0.232. The minimum atomic E-state index is -3.82. The number of nitrogens with zero attached hydrogens (tertiary/aromatic N) is 1. The molecule has 8 heteroatoms. The molecule has 0 aromatic carbocycles. The maximum atomic E-state index is 12.2. The molecule has 7 nitrogen and oxygen atoms in total. The third-order valence-electron chi connectivity index (χ3n) is 3.30. The van der Waals surface area contributed by atoms with Gasteiger partial charge in [0.25, 0.3) is 10.2 Å². The minimum absolute atomic E-state index is 0.120. The van der Waals surface area contributed by atoms with Crippen LogP contribution in [0.15, 0.2) is 0 Å². The summed E-state index contributed by atoms with van der Waals surface area (Å²) < 4.78 is 27.9. The Morgan fingerprint density at radius 3 is 2.22 bits per heavy atom. The van der Waals surface area contributed by atoms with Crippen molar-refractivity contribution in [2.45, 2.75) is 37.8 Å². The van der Waals surface area contributed by atoms with Gasteiger partial charge in [0.15, 0.2) is 0 Å². The fourth-order valence-corrected chi connectivity index (χ4v) is 3.81. The quantitative estimate of drug-likeness (QED) is 0.469. The van der Waals surface area contributed by atoms with E-state index in [-0.39, 0.29) is 6.04 Å². The van der Waals surface area contributed by atoms with Gasteiger partial charge in [-0.2, -0.15) is 17.4 Å². The summed E-state index contributed by atoms with van der Waals surface area (Å²) in [5.41, 5.74) is -1.62. The van der Waals surface area contributed by atoms with Gasteiger partial charge in [0, 0.05) is 12.6 Å². The summed E-state index contributed by atoms with van der Waals surface area (Å²) in [6, 6.07) is -0.120. The highest BCUT2D eigenvalue weighted by Crippen LogP contribution is 2.20. The molecule has 0 aromatic heterocycles. The van der Waals surface area contributed by atoms with Crippen molar-refractivity contribution in [2.75, 3.05) is 26.4 Å². The van der Waals surface area contributed by atoms with Gasteiger partial charge in [-0.15, -0.1) is 0 Å². The van der Waals surface area contributed by atoms with E-state index >= 15 is 0 Å². The number of aliphatic hydroxyl groups excluding tert-OH is 3. The Hall–Kier alpha value is -0.250. The van der Waals surface area contributed by atoms with Crippen molar-refractivity contribution >= 4 is 10.2 Å².